The van der Waals surface area contributed by atoms with Crippen LogP contribution in [-0.4, -0.2) is 5.11 Å². The van der Waals surface area contributed by atoms with E-state index in [0.29, 0.717) is 6.42 Å². The zero-order valence-corrected chi connectivity index (χ0v) is 9.43. The van der Waals surface area contributed by atoms with Crippen LogP contribution in [-0.2, 0) is 5.60 Å². The normalized spacial score (nSPS) is 11.4. The molecule has 0 saturated carbocycles. The predicted molar refractivity (Wildman–Crippen MR) is 66.2 cm³/mol. The van der Waals surface area contributed by atoms with Gasteiger partial charge in [0, 0.05) is 0 Å². The van der Waals surface area contributed by atoms with Gasteiger partial charge in [-0.25, -0.2) is 0 Å². The van der Waals surface area contributed by atoms with E-state index < -0.39 is 5.60 Å². The van der Waals surface area contributed by atoms with E-state index in [9.17, 15) is 5.11 Å². The van der Waals surface area contributed by atoms with E-state index in [1.54, 1.807) is 0 Å². The first-order valence-electron chi connectivity index (χ1n) is 5.61. The fourth-order valence-corrected chi connectivity index (χ4v) is 2.00. The topological polar surface area (TPSA) is 20.2 Å². The van der Waals surface area contributed by atoms with Crippen LogP contribution in [0.1, 0.15) is 24.5 Å². The molecule has 2 aromatic rings. The molecule has 2 aromatic carbocycles. The molecule has 0 spiro atoms. The number of hydrogen-bond donors (Lipinski definition) is 1. The van der Waals surface area contributed by atoms with Crippen molar-refractivity contribution in [1.82, 2.24) is 0 Å². The predicted octanol–water partition coefficient (Wildman–Crippen LogP) is 3.33. The van der Waals surface area contributed by atoms with Crippen molar-refractivity contribution in [3.63, 3.8) is 0 Å². The molecule has 82 valence electrons. The zero-order valence-electron chi connectivity index (χ0n) is 9.43. The first kappa shape index (κ1) is 10.9. The maximum absolute atomic E-state index is 10.8. The molecular weight excluding hydrogens is 196 g/mol. The van der Waals surface area contributed by atoms with Gasteiger partial charge in [0.2, 0.25) is 0 Å². The average molecular weight is 212 g/mol. The van der Waals surface area contributed by atoms with Gasteiger partial charge in [-0.3, -0.25) is 0 Å². The van der Waals surface area contributed by atoms with Gasteiger partial charge in [0.25, 0.3) is 0 Å². The maximum Gasteiger partial charge on any atom is 0.114 e. The summed E-state index contributed by atoms with van der Waals surface area (Å²) in [7, 11) is 0. The van der Waals surface area contributed by atoms with Gasteiger partial charge in [0.05, 0.1) is 0 Å². The van der Waals surface area contributed by atoms with Crippen LogP contribution in [0.15, 0.2) is 60.7 Å². The highest BCUT2D eigenvalue weighted by Crippen LogP contribution is 2.32. The lowest BCUT2D eigenvalue weighted by atomic mass is 9.84. The molecule has 2 rings (SSSR count). The summed E-state index contributed by atoms with van der Waals surface area (Å²) in [5, 5.41) is 10.8. The summed E-state index contributed by atoms with van der Waals surface area (Å²) in [6, 6.07) is 19.6. The summed E-state index contributed by atoms with van der Waals surface area (Å²) in [5.74, 6) is 0. The summed E-state index contributed by atoms with van der Waals surface area (Å²) in [4.78, 5) is 0. The fraction of sp³-hybridized carbons (Fsp3) is 0.200. The Morgan fingerprint density at radius 2 is 1.19 bits per heavy atom. The average Bonchev–Trinajstić information content (AvgIpc) is 2.40. The van der Waals surface area contributed by atoms with Crippen molar-refractivity contribution in [3.05, 3.63) is 71.8 Å². The molecule has 0 unspecified atom stereocenters. The number of aliphatic hydroxyl groups is 1. The van der Waals surface area contributed by atoms with Crippen molar-refractivity contribution >= 4 is 0 Å². The molecule has 0 heterocycles. The van der Waals surface area contributed by atoms with Crippen LogP contribution in [0.5, 0.6) is 0 Å². The Bertz CT molecular complexity index is 394. The van der Waals surface area contributed by atoms with Crippen molar-refractivity contribution in [2.45, 2.75) is 18.9 Å². The van der Waals surface area contributed by atoms with E-state index >= 15 is 0 Å². The first-order valence-corrected chi connectivity index (χ1v) is 5.61. The highest BCUT2D eigenvalue weighted by Gasteiger charge is 2.28. The molecule has 0 fully saturated rings. The Kier molecular flexibility index (Phi) is 3.07. The van der Waals surface area contributed by atoms with Crippen LogP contribution in [0.2, 0.25) is 0 Å². The molecule has 16 heavy (non-hydrogen) atoms. The Hall–Kier alpha value is -1.60. The van der Waals surface area contributed by atoms with Crippen LogP contribution in [0.25, 0.3) is 0 Å². The van der Waals surface area contributed by atoms with Gasteiger partial charge in [0.15, 0.2) is 0 Å². The molecule has 0 bridgehead atoms. The molecule has 0 atom stereocenters. The van der Waals surface area contributed by atoms with Crippen LogP contribution >= 0.6 is 0 Å². The fourth-order valence-electron chi connectivity index (χ4n) is 2.00. The molecule has 0 aliphatic carbocycles. The van der Waals surface area contributed by atoms with Crippen molar-refractivity contribution in [1.29, 1.82) is 0 Å². The van der Waals surface area contributed by atoms with Crippen LogP contribution in [0.3, 0.4) is 0 Å². The van der Waals surface area contributed by atoms with Gasteiger partial charge >= 0.3 is 0 Å². The van der Waals surface area contributed by atoms with Gasteiger partial charge in [0.1, 0.15) is 5.60 Å². The Morgan fingerprint density at radius 3 is 1.50 bits per heavy atom. The van der Waals surface area contributed by atoms with Crippen LogP contribution in [0.4, 0.5) is 0 Å². The van der Waals surface area contributed by atoms with Gasteiger partial charge < -0.3 is 5.11 Å². The molecule has 0 aromatic heterocycles. The second-order valence-electron chi connectivity index (χ2n) is 3.95. The lowest BCUT2D eigenvalue weighted by Crippen LogP contribution is -2.25. The van der Waals surface area contributed by atoms with Gasteiger partial charge in [-0.05, 0) is 17.5 Å². The summed E-state index contributed by atoms with van der Waals surface area (Å²) >= 11 is 0. The molecule has 0 radical (unpaired) electrons. The van der Waals surface area contributed by atoms with E-state index in [2.05, 4.69) is 0 Å². The Morgan fingerprint density at radius 1 is 0.812 bits per heavy atom. The maximum atomic E-state index is 10.8. The number of rotatable bonds is 3. The Labute approximate surface area is 96.4 Å². The van der Waals surface area contributed by atoms with Crippen LogP contribution < -0.4 is 0 Å². The third-order valence-electron chi connectivity index (χ3n) is 3.01. The van der Waals surface area contributed by atoms with E-state index in [0.717, 1.165) is 11.1 Å². The largest absolute Gasteiger partial charge is 0.380 e. The van der Waals surface area contributed by atoms with E-state index in [1.165, 1.54) is 0 Å². The molecule has 0 aliphatic rings. The van der Waals surface area contributed by atoms with E-state index in [4.69, 9.17) is 0 Å². The molecule has 1 nitrogen and oxygen atoms in total. The quantitative estimate of drug-likeness (QED) is 0.827. The first-order chi connectivity index (χ1) is 7.77. The van der Waals surface area contributed by atoms with Gasteiger partial charge in [-0.2, -0.15) is 0 Å². The molecule has 1 N–H and O–H groups in total. The lowest BCUT2D eigenvalue weighted by Gasteiger charge is -2.28. The van der Waals surface area contributed by atoms with Crippen molar-refractivity contribution in [2.24, 2.45) is 0 Å². The molecule has 0 amide bonds. The highest BCUT2D eigenvalue weighted by molar-refractivity contribution is 5.35. The summed E-state index contributed by atoms with van der Waals surface area (Å²) in [6.45, 7) is 2.00. The minimum absolute atomic E-state index is 0.668. The second kappa shape index (κ2) is 4.50. The zero-order chi connectivity index (χ0) is 11.4. The molecule has 1 heteroatoms. The van der Waals surface area contributed by atoms with Crippen molar-refractivity contribution in [2.75, 3.05) is 0 Å². The number of benzene rings is 2. The summed E-state index contributed by atoms with van der Waals surface area (Å²) in [6.07, 6.45) is 0.668. The highest BCUT2D eigenvalue weighted by atomic mass is 16.3. The standard InChI is InChI=1S/C15H16O/c1-2-15(16,13-9-5-3-6-10-13)14-11-7-4-8-12-14/h3-12,16H,2H2,1H3. The molecular formula is C15H16O. The van der Waals surface area contributed by atoms with Crippen LogP contribution in [0, 0.1) is 0 Å². The van der Waals surface area contributed by atoms with Gasteiger partial charge in [-0.15, -0.1) is 0 Å². The van der Waals surface area contributed by atoms with Crippen molar-refractivity contribution in [3.8, 4) is 0 Å². The van der Waals surface area contributed by atoms with E-state index in [-0.39, 0.29) is 0 Å². The van der Waals surface area contributed by atoms with E-state index in [1.807, 2.05) is 67.6 Å². The third-order valence-corrected chi connectivity index (χ3v) is 3.01. The third kappa shape index (κ3) is 1.86. The number of hydrogen-bond acceptors (Lipinski definition) is 1. The summed E-state index contributed by atoms with van der Waals surface area (Å²) < 4.78 is 0. The molecule has 0 saturated heterocycles. The van der Waals surface area contributed by atoms with Crippen molar-refractivity contribution < 1.29 is 5.11 Å². The monoisotopic (exact) mass is 212 g/mol. The molecule has 0 aliphatic heterocycles. The van der Waals surface area contributed by atoms with Gasteiger partial charge in [-0.1, -0.05) is 67.6 Å². The minimum Gasteiger partial charge on any atom is -0.380 e. The summed E-state index contributed by atoms with van der Waals surface area (Å²) in [5.41, 5.74) is 1.02. The Balaban J connectivity index is 2.49. The lowest BCUT2D eigenvalue weighted by molar-refractivity contribution is 0.0765. The SMILES string of the molecule is CCC(O)(c1ccccc1)c1ccccc1. The minimum atomic E-state index is -0.872. The second-order valence-corrected chi connectivity index (χ2v) is 3.95. The smallest absolute Gasteiger partial charge is 0.114 e.